The molecule has 0 aliphatic carbocycles. The van der Waals surface area contributed by atoms with Crippen molar-refractivity contribution in [3.63, 3.8) is 0 Å². The van der Waals surface area contributed by atoms with E-state index >= 15 is 0 Å². The second kappa shape index (κ2) is 10.3. The number of aromatic hydroxyl groups is 1. The molecule has 0 radical (unpaired) electrons. The van der Waals surface area contributed by atoms with Crippen molar-refractivity contribution in [2.75, 3.05) is 32.5 Å². The zero-order valence-corrected chi connectivity index (χ0v) is 20.5. The SMILES string of the molecule is CN(C)CCCNc1nc(O)c(C(=Cc2ccc(Cl)cc2C(F)(F)F)c2ccc3[nH]ncc3c2)s1. The van der Waals surface area contributed by atoms with E-state index in [-0.39, 0.29) is 16.5 Å². The molecule has 4 aromatic rings. The van der Waals surface area contributed by atoms with Crippen LogP contribution in [-0.2, 0) is 6.18 Å². The van der Waals surface area contributed by atoms with Gasteiger partial charge in [-0.1, -0.05) is 35.1 Å². The van der Waals surface area contributed by atoms with Gasteiger partial charge in [0.15, 0.2) is 5.13 Å². The molecule has 0 unspecified atom stereocenters. The largest absolute Gasteiger partial charge is 0.492 e. The zero-order valence-electron chi connectivity index (χ0n) is 18.9. The van der Waals surface area contributed by atoms with Crippen LogP contribution in [0.3, 0.4) is 0 Å². The summed E-state index contributed by atoms with van der Waals surface area (Å²) in [5.74, 6) is -0.258. The number of anilines is 1. The molecular formula is C24H23ClF3N5OS. The highest BCUT2D eigenvalue weighted by atomic mass is 35.5. The molecule has 0 atom stereocenters. The van der Waals surface area contributed by atoms with Crippen LogP contribution in [0.25, 0.3) is 22.6 Å². The molecule has 0 aliphatic rings. The molecule has 6 nitrogen and oxygen atoms in total. The molecule has 0 saturated heterocycles. The van der Waals surface area contributed by atoms with Crippen LogP contribution < -0.4 is 5.32 Å². The Balaban J connectivity index is 1.80. The Labute approximate surface area is 209 Å². The second-order valence-electron chi connectivity index (χ2n) is 8.21. The predicted octanol–water partition coefficient (Wildman–Crippen LogP) is 6.35. The van der Waals surface area contributed by atoms with Crippen molar-refractivity contribution in [1.29, 1.82) is 0 Å². The van der Waals surface area contributed by atoms with Gasteiger partial charge in [-0.15, -0.1) is 0 Å². The molecule has 0 saturated carbocycles. The summed E-state index contributed by atoms with van der Waals surface area (Å²) in [5.41, 5.74) is 0.861. The van der Waals surface area contributed by atoms with Gasteiger partial charge in [0.2, 0.25) is 5.88 Å². The normalized spacial score (nSPS) is 12.6. The fourth-order valence-corrected chi connectivity index (χ4v) is 4.69. The van der Waals surface area contributed by atoms with Crippen LogP contribution in [0, 0.1) is 0 Å². The lowest BCUT2D eigenvalue weighted by Crippen LogP contribution is -2.16. The fraction of sp³-hybridized carbons (Fsp3) is 0.250. The molecule has 0 bridgehead atoms. The van der Waals surface area contributed by atoms with Gasteiger partial charge in [-0.25, -0.2) is 0 Å². The van der Waals surface area contributed by atoms with Crippen molar-refractivity contribution in [1.82, 2.24) is 20.1 Å². The van der Waals surface area contributed by atoms with E-state index in [2.05, 4.69) is 25.4 Å². The fourth-order valence-electron chi connectivity index (χ4n) is 3.60. The Morgan fingerprint density at radius 2 is 2.03 bits per heavy atom. The van der Waals surface area contributed by atoms with Crippen LogP contribution in [0.2, 0.25) is 5.02 Å². The number of hydrogen-bond acceptors (Lipinski definition) is 6. The highest BCUT2D eigenvalue weighted by Gasteiger charge is 2.33. The Bertz CT molecular complexity index is 1360. The van der Waals surface area contributed by atoms with E-state index in [1.165, 1.54) is 29.5 Å². The maximum absolute atomic E-state index is 13.8. The summed E-state index contributed by atoms with van der Waals surface area (Å²) in [5, 5.41) is 22.0. The highest BCUT2D eigenvalue weighted by Crippen LogP contribution is 2.41. The van der Waals surface area contributed by atoms with Crippen molar-refractivity contribution in [3.05, 3.63) is 69.2 Å². The molecule has 2 heterocycles. The maximum atomic E-state index is 13.8. The molecule has 0 aliphatic heterocycles. The standard InChI is InChI=1S/C24H23ClF3N5OS/c1-33(2)9-3-8-29-23-31-22(34)21(35-23)18(14-5-7-20-16(10-14)13-30-32-20)11-15-4-6-17(25)12-19(15)24(26,27)28/h4-7,10-13,34H,3,8-9H2,1-2H3,(H,29,31)(H,30,32). The third-order valence-corrected chi connectivity index (χ3v) is 6.55. The average molecular weight is 522 g/mol. The Hall–Kier alpha value is -3.08. The van der Waals surface area contributed by atoms with Crippen LogP contribution in [0.1, 0.15) is 28.0 Å². The van der Waals surface area contributed by atoms with Gasteiger partial charge in [-0.05, 0) is 68.5 Å². The molecule has 11 heteroatoms. The van der Waals surface area contributed by atoms with Crippen molar-refractivity contribution < 1.29 is 18.3 Å². The Morgan fingerprint density at radius 3 is 2.77 bits per heavy atom. The third-order valence-electron chi connectivity index (χ3n) is 5.28. The first kappa shape index (κ1) is 25.0. The molecular weight excluding hydrogens is 499 g/mol. The van der Waals surface area contributed by atoms with Gasteiger partial charge < -0.3 is 15.3 Å². The molecule has 35 heavy (non-hydrogen) atoms. The van der Waals surface area contributed by atoms with Crippen LogP contribution in [0.4, 0.5) is 18.3 Å². The molecule has 0 amide bonds. The number of hydrogen-bond donors (Lipinski definition) is 3. The van der Waals surface area contributed by atoms with Crippen LogP contribution in [0.5, 0.6) is 5.88 Å². The first-order chi connectivity index (χ1) is 16.6. The topological polar surface area (TPSA) is 77.1 Å². The minimum atomic E-state index is -4.61. The summed E-state index contributed by atoms with van der Waals surface area (Å²) in [6, 6.07) is 8.98. The van der Waals surface area contributed by atoms with E-state index in [9.17, 15) is 18.3 Å². The number of H-pyrrole nitrogens is 1. The summed E-state index contributed by atoms with van der Waals surface area (Å²) in [6.45, 7) is 1.52. The van der Waals surface area contributed by atoms with Crippen molar-refractivity contribution in [2.45, 2.75) is 12.6 Å². The van der Waals surface area contributed by atoms with Crippen LogP contribution >= 0.6 is 22.9 Å². The lowest BCUT2D eigenvalue weighted by molar-refractivity contribution is -0.137. The quantitative estimate of drug-likeness (QED) is 0.186. The average Bonchev–Trinajstić information content (AvgIpc) is 3.41. The minimum absolute atomic E-state index is 0.0133. The predicted molar refractivity (Wildman–Crippen MR) is 135 cm³/mol. The molecule has 0 spiro atoms. The molecule has 3 N–H and O–H groups in total. The minimum Gasteiger partial charge on any atom is -0.492 e. The Morgan fingerprint density at radius 1 is 1.23 bits per heavy atom. The molecule has 4 rings (SSSR count). The maximum Gasteiger partial charge on any atom is 0.417 e. The number of thiazole rings is 1. The van der Waals surface area contributed by atoms with E-state index in [0.29, 0.717) is 27.7 Å². The van der Waals surface area contributed by atoms with Gasteiger partial charge in [-0.2, -0.15) is 23.3 Å². The van der Waals surface area contributed by atoms with Crippen LogP contribution in [0.15, 0.2) is 42.6 Å². The van der Waals surface area contributed by atoms with Crippen LogP contribution in [-0.4, -0.2) is 52.4 Å². The molecule has 2 aromatic heterocycles. The van der Waals surface area contributed by atoms with E-state index in [1.807, 2.05) is 14.1 Å². The summed E-state index contributed by atoms with van der Waals surface area (Å²) in [4.78, 5) is 6.61. The summed E-state index contributed by atoms with van der Waals surface area (Å²) in [6.07, 6.45) is -0.707. The number of benzene rings is 2. The van der Waals surface area contributed by atoms with E-state index < -0.39 is 11.7 Å². The lowest BCUT2D eigenvalue weighted by atomic mass is 9.98. The number of aromatic nitrogens is 3. The number of alkyl halides is 3. The lowest BCUT2D eigenvalue weighted by Gasteiger charge is -2.13. The van der Waals surface area contributed by atoms with E-state index in [0.717, 1.165) is 29.9 Å². The van der Waals surface area contributed by atoms with Gasteiger partial charge in [0.05, 0.1) is 17.3 Å². The van der Waals surface area contributed by atoms with Crippen molar-refractivity contribution in [3.8, 4) is 5.88 Å². The third kappa shape index (κ3) is 5.95. The first-order valence-electron chi connectivity index (χ1n) is 10.7. The Kier molecular flexibility index (Phi) is 7.34. The summed E-state index contributed by atoms with van der Waals surface area (Å²) < 4.78 is 41.4. The number of rotatable bonds is 8. The summed E-state index contributed by atoms with van der Waals surface area (Å²) >= 11 is 7.04. The van der Waals surface area contributed by atoms with E-state index in [4.69, 9.17) is 11.6 Å². The highest BCUT2D eigenvalue weighted by molar-refractivity contribution is 7.17. The second-order valence-corrected chi connectivity index (χ2v) is 9.65. The van der Waals surface area contributed by atoms with Gasteiger partial charge in [-0.3, -0.25) is 5.10 Å². The van der Waals surface area contributed by atoms with Crippen molar-refractivity contribution in [2.24, 2.45) is 0 Å². The van der Waals surface area contributed by atoms with Crippen molar-refractivity contribution >= 4 is 50.6 Å². The number of nitrogens with one attached hydrogen (secondary N) is 2. The number of fused-ring (bicyclic) bond motifs is 1. The molecule has 0 fully saturated rings. The number of aromatic amines is 1. The van der Waals surface area contributed by atoms with Gasteiger partial charge in [0, 0.05) is 22.5 Å². The van der Waals surface area contributed by atoms with Gasteiger partial charge in [0.25, 0.3) is 0 Å². The monoisotopic (exact) mass is 521 g/mol. The number of halogens is 4. The first-order valence-corrected chi connectivity index (χ1v) is 11.9. The molecule has 2 aromatic carbocycles. The van der Waals surface area contributed by atoms with Gasteiger partial charge in [0.1, 0.15) is 4.88 Å². The molecule has 184 valence electrons. The number of nitrogens with zero attached hydrogens (tertiary/aromatic N) is 3. The summed E-state index contributed by atoms with van der Waals surface area (Å²) in [7, 11) is 3.96. The van der Waals surface area contributed by atoms with E-state index in [1.54, 1.807) is 24.4 Å². The van der Waals surface area contributed by atoms with Gasteiger partial charge >= 0.3 is 6.18 Å². The smallest absolute Gasteiger partial charge is 0.417 e. The zero-order chi connectivity index (χ0) is 25.2.